The molecule has 4 nitrogen and oxygen atoms in total. The van der Waals surface area contributed by atoms with Crippen LogP contribution >= 0.6 is 0 Å². The molecule has 1 aliphatic rings. The quantitative estimate of drug-likeness (QED) is 0.566. The zero-order valence-electron chi connectivity index (χ0n) is 6.88. The topological polar surface area (TPSA) is 49.4 Å². The molecule has 66 valence electrons. The summed E-state index contributed by atoms with van der Waals surface area (Å²) in [6, 6.07) is 0. The van der Waals surface area contributed by atoms with Gasteiger partial charge < -0.3 is 10.2 Å². The fraction of sp³-hybridized carbons (Fsp3) is 0.500. The number of hydrogen-bond acceptors (Lipinski definition) is 2. The van der Waals surface area contributed by atoms with Crippen molar-refractivity contribution in [2.75, 3.05) is 19.6 Å². The summed E-state index contributed by atoms with van der Waals surface area (Å²) in [5, 5.41) is 2.52. The average molecular weight is 168 g/mol. The molecule has 0 bridgehead atoms. The van der Waals surface area contributed by atoms with Gasteiger partial charge in [0, 0.05) is 19.5 Å². The summed E-state index contributed by atoms with van der Waals surface area (Å²) in [6.45, 7) is 4.68. The number of nitrogens with one attached hydrogen (secondary N) is 1. The van der Waals surface area contributed by atoms with Crippen LogP contribution in [-0.4, -0.2) is 36.3 Å². The molecule has 1 saturated heterocycles. The van der Waals surface area contributed by atoms with Gasteiger partial charge in [-0.05, 0) is 0 Å². The van der Waals surface area contributed by atoms with Crippen molar-refractivity contribution in [1.82, 2.24) is 10.2 Å². The van der Waals surface area contributed by atoms with E-state index in [9.17, 15) is 9.59 Å². The maximum absolute atomic E-state index is 11.2. The number of carbonyl (C=O) groups is 2. The van der Waals surface area contributed by atoms with E-state index in [1.165, 1.54) is 0 Å². The maximum atomic E-state index is 11.2. The van der Waals surface area contributed by atoms with E-state index in [-0.39, 0.29) is 18.4 Å². The number of hydrogen-bond donors (Lipinski definition) is 1. The molecule has 1 aliphatic heterocycles. The van der Waals surface area contributed by atoms with E-state index in [4.69, 9.17) is 0 Å². The van der Waals surface area contributed by atoms with E-state index in [0.717, 1.165) is 0 Å². The minimum Gasteiger partial charge on any atom is -0.347 e. The maximum Gasteiger partial charge on any atom is 0.242 e. The molecule has 0 spiro atoms. The third kappa shape index (κ3) is 2.08. The van der Waals surface area contributed by atoms with Gasteiger partial charge in [-0.3, -0.25) is 9.59 Å². The van der Waals surface area contributed by atoms with Crippen molar-refractivity contribution >= 4 is 11.8 Å². The highest BCUT2D eigenvalue weighted by Crippen LogP contribution is 1.97. The van der Waals surface area contributed by atoms with Crippen LogP contribution in [0.15, 0.2) is 12.7 Å². The molecule has 0 aromatic rings. The Bertz CT molecular complexity index is 213. The van der Waals surface area contributed by atoms with E-state index >= 15 is 0 Å². The highest BCUT2D eigenvalue weighted by molar-refractivity contribution is 5.87. The van der Waals surface area contributed by atoms with Gasteiger partial charge in [0.2, 0.25) is 11.8 Å². The van der Waals surface area contributed by atoms with Gasteiger partial charge in [0.05, 0.1) is 6.54 Å². The van der Waals surface area contributed by atoms with Crippen LogP contribution in [0.3, 0.4) is 0 Å². The van der Waals surface area contributed by atoms with E-state index in [1.807, 2.05) is 0 Å². The Morgan fingerprint density at radius 1 is 1.58 bits per heavy atom. The predicted octanol–water partition coefficient (Wildman–Crippen LogP) is -0.479. The molecule has 1 rings (SSSR count). The Kier molecular flexibility index (Phi) is 2.85. The van der Waals surface area contributed by atoms with Gasteiger partial charge in [-0.2, -0.15) is 0 Å². The standard InChI is InChI=1S/C8H12N2O2/c1-2-4-10-5-3-7(11)9-6-8(10)12/h2H,1,3-6H2,(H,9,11). The second kappa shape index (κ2) is 3.90. The molecule has 0 unspecified atom stereocenters. The van der Waals surface area contributed by atoms with Crippen LogP contribution in [-0.2, 0) is 9.59 Å². The van der Waals surface area contributed by atoms with Crippen molar-refractivity contribution in [3.8, 4) is 0 Å². The normalized spacial score (nSPS) is 18.5. The van der Waals surface area contributed by atoms with Gasteiger partial charge in [0.15, 0.2) is 0 Å². The van der Waals surface area contributed by atoms with E-state index in [1.54, 1.807) is 11.0 Å². The molecule has 1 heterocycles. The average Bonchev–Trinajstić information content (AvgIpc) is 2.20. The Morgan fingerprint density at radius 3 is 3.00 bits per heavy atom. The minimum atomic E-state index is -0.0603. The van der Waals surface area contributed by atoms with Crippen LogP contribution in [0.1, 0.15) is 6.42 Å². The molecular weight excluding hydrogens is 156 g/mol. The van der Waals surface area contributed by atoms with E-state index < -0.39 is 0 Å². The second-order valence-electron chi connectivity index (χ2n) is 2.66. The minimum absolute atomic E-state index is 0.0410. The van der Waals surface area contributed by atoms with Crippen LogP contribution in [0.25, 0.3) is 0 Å². The fourth-order valence-corrected chi connectivity index (χ4v) is 1.08. The molecule has 1 fully saturated rings. The van der Waals surface area contributed by atoms with Crippen LogP contribution in [0.4, 0.5) is 0 Å². The van der Waals surface area contributed by atoms with Gasteiger partial charge in [0.1, 0.15) is 0 Å². The van der Waals surface area contributed by atoms with Gasteiger partial charge in [-0.1, -0.05) is 6.08 Å². The number of amides is 2. The first-order valence-corrected chi connectivity index (χ1v) is 3.89. The summed E-state index contributed by atoms with van der Waals surface area (Å²) in [6.07, 6.45) is 2.05. The fourth-order valence-electron chi connectivity index (χ4n) is 1.08. The zero-order chi connectivity index (χ0) is 8.97. The van der Waals surface area contributed by atoms with Crippen molar-refractivity contribution in [1.29, 1.82) is 0 Å². The molecule has 0 aromatic carbocycles. The number of nitrogens with zero attached hydrogens (tertiary/aromatic N) is 1. The van der Waals surface area contributed by atoms with Crippen molar-refractivity contribution in [2.24, 2.45) is 0 Å². The van der Waals surface area contributed by atoms with Crippen LogP contribution in [0, 0.1) is 0 Å². The summed E-state index contributed by atoms with van der Waals surface area (Å²) >= 11 is 0. The Hall–Kier alpha value is -1.32. The first kappa shape index (κ1) is 8.77. The van der Waals surface area contributed by atoms with Gasteiger partial charge in [-0.25, -0.2) is 0 Å². The highest BCUT2D eigenvalue weighted by Gasteiger charge is 2.18. The molecule has 4 heteroatoms. The molecule has 0 aromatic heterocycles. The first-order valence-electron chi connectivity index (χ1n) is 3.89. The monoisotopic (exact) mass is 168 g/mol. The van der Waals surface area contributed by atoms with E-state index in [0.29, 0.717) is 19.5 Å². The molecule has 12 heavy (non-hydrogen) atoms. The van der Waals surface area contributed by atoms with Gasteiger partial charge in [0.25, 0.3) is 0 Å². The van der Waals surface area contributed by atoms with E-state index in [2.05, 4.69) is 11.9 Å². The Balaban J connectivity index is 2.55. The van der Waals surface area contributed by atoms with Crippen LogP contribution < -0.4 is 5.32 Å². The molecule has 0 aliphatic carbocycles. The molecule has 0 atom stereocenters. The van der Waals surface area contributed by atoms with Gasteiger partial charge in [-0.15, -0.1) is 6.58 Å². The molecule has 0 radical (unpaired) electrons. The summed E-state index contributed by atoms with van der Waals surface area (Å²) in [4.78, 5) is 23.7. The predicted molar refractivity (Wildman–Crippen MR) is 44.4 cm³/mol. The number of carbonyl (C=O) groups excluding carboxylic acids is 2. The summed E-state index contributed by atoms with van der Waals surface area (Å²) in [7, 11) is 0. The van der Waals surface area contributed by atoms with Gasteiger partial charge >= 0.3 is 0 Å². The van der Waals surface area contributed by atoms with Crippen molar-refractivity contribution in [2.45, 2.75) is 6.42 Å². The van der Waals surface area contributed by atoms with Crippen LogP contribution in [0.5, 0.6) is 0 Å². The lowest BCUT2D eigenvalue weighted by Gasteiger charge is -2.16. The summed E-state index contributed by atoms with van der Waals surface area (Å²) in [5.41, 5.74) is 0. The Morgan fingerprint density at radius 2 is 2.33 bits per heavy atom. The molecular formula is C8H12N2O2. The zero-order valence-corrected chi connectivity index (χ0v) is 6.88. The first-order chi connectivity index (χ1) is 5.74. The third-order valence-corrected chi connectivity index (χ3v) is 1.75. The largest absolute Gasteiger partial charge is 0.347 e. The molecule has 2 amide bonds. The summed E-state index contributed by atoms with van der Waals surface area (Å²) < 4.78 is 0. The highest BCUT2D eigenvalue weighted by atomic mass is 16.2. The lowest BCUT2D eigenvalue weighted by Crippen LogP contribution is -2.35. The second-order valence-corrected chi connectivity index (χ2v) is 2.66. The molecule has 0 saturated carbocycles. The van der Waals surface area contributed by atoms with Crippen molar-refractivity contribution in [3.63, 3.8) is 0 Å². The smallest absolute Gasteiger partial charge is 0.242 e. The third-order valence-electron chi connectivity index (χ3n) is 1.75. The number of rotatable bonds is 2. The van der Waals surface area contributed by atoms with Crippen molar-refractivity contribution < 1.29 is 9.59 Å². The van der Waals surface area contributed by atoms with Crippen molar-refractivity contribution in [3.05, 3.63) is 12.7 Å². The lowest BCUT2D eigenvalue weighted by molar-refractivity contribution is -0.129. The lowest BCUT2D eigenvalue weighted by atomic mass is 10.4. The SMILES string of the molecule is C=CCN1CCC(=O)NCC1=O. The summed E-state index contributed by atoms with van der Waals surface area (Å²) in [5.74, 6) is -0.101. The Labute approximate surface area is 71.2 Å². The van der Waals surface area contributed by atoms with Crippen LogP contribution in [0.2, 0.25) is 0 Å². The molecule has 1 N–H and O–H groups in total.